The lowest BCUT2D eigenvalue weighted by Crippen LogP contribution is -2.18. The van der Waals surface area contributed by atoms with Crippen LogP contribution in [-0.2, 0) is 0 Å². The molecule has 0 aliphatic heterocycles. The van der Waals surface area contributed by atoms with Crippen molar-refractivity contribution in [2.45, 2.75) is 26.8 Å². The van der Waals surface area contributed by atoms with Gasteiger partial charge >= 0.3 is 0 Å². The Labute approximate surface area is 186 Å². The number of hydrogen-bond donors (Lipinski definition) is 2. The van der Waals surface area contributed by atoms with E-state index in [-0.39, 0.29) is 11.9 Å². The molecular weight excluding hydrogens is 404 g/mol. The largest absolute Gasteiger partial charge is 0.357 e. The second-order valence-corrected chi connectivity index (χ2v) is 8.62. The van der Waals surface area contributed by atoms with Gasteiger partial charge in [0.1, 0.15) is 10.8 Å². The monoisotopic (exact) mass is 428 g/mol. The number of aryl methyl sites for hydroxylation is 2. The van der Waals surface area contributed by atoms with Crippen LogP contribution in [0.1, 0.15) is 43.7 Å². The number of benzene rings is 1. The van der Waals surface area contributed by atoms with Gasteiger partial charge in [0.15, 0.2) is 0 Å². The summed E-state index contributed by atoms with van der Waals surface area (Å²) in [5, 5.41) is 7.49. The highest BCUT2D eigenvalue weighted by atomic mass is 32.1. The van der Waals surface area contributed by atoms with Gasteiger partial charge in [-0.05, 0) is 68.3 Å². The Kier molecular flexibility index (Phi) is 6.09. The smallest absolute Gasteiger partial charge is 0.256 e. The minimum atomic E-state index is -0.258. The van der Waals surface area contributed by atoms with E-state index < -0.39 is 0 Å². The van der Waals surface area contributed by atoms with E-state index in [4.69, 9.17) is 0 Å². The van der Waals surface area contributed by atoms with Crippen molar-refractivity contribution in [1.29, 1.82) is 0 Å². The first-order valence-electron chi connectivity index (χ1n) is 10.1. The van der Waals surface area contributed by atoms with Crippen molar-refractivity contribution in [3.05, 3.63) is 106 Å². The van der Waals surface area contributed by atoms with Gasteiger partial charge in [0.2, 0.25) is 0 Å². The van der Waals surface area contributed by atoms with Crippen LogP contribution < -0.4 is 10.6 Å². The van der Waals surface area contributed by atoms with Crippen molar-refractivity contribution in [3.63, 3.8) is 0 Å². The predicted molar refractivity (Wildman–Crippen MR) is 127 cm³/mol. The molecule has 0 fully saturated rings. The van der Waals surface area contributed by atoms with Crippen molar-refractivity contribution in [3.8, 4) is 0 Å². The van der Waals surface area contributed by atoms with Crippen molar-refractivity contribution in [2.75, 3.05) is 10.6 Å². The number of amides is 1. The Morgan fingerprint density at radius 3 is 2.42 bits per heavy atom. The Morgan fingerprint density at radius 1 is 0.935 bits per heavy atom. The van der Waals surface area contributed by atoms with Crippen molar-refractivity contribution in [1.82, 2.24) is 9.97 Å². The van der Waals surface area contributed by atoms with E-state index in [0.717, 1.165) is 38.1 Å². The van der Waals surface area contributed by atoms with E-state index in [1.165, 1.54) is 0 Å². The third kappa shape index (κ3) is 4.64. The van der Waals surface area contributed by atoms with E-state index in [2.05, 4.69) is 34.4 Å². The molecule has 0 aliphatic carbocycles. The zero-order valence-electron chi connectivity index (χ0n) is 17.7. The molecule has 1 atom stereocenters. The molecule has 1 amide bonds. The minimum Gasteiger partial charge on any atom is -0.357 e. The zero-order chi connectivity index (χ0) is 21.8. The van der Waals surface area contributed by atoms with Crippen LogP contribution in [0.5, 0.6) is 0 Å². The molecule has 3 aromatic heterocycles. The second kappa shape index (κ2) is 9.10. The number of rotatable bonds is 6. The van der Waals surface area contributed by atoms with Crippen molar-refractivity contribution < 1.29 is 4.79 Å². The first-order valence-corrected chi connectivity index (χ1v) is 10.9. The molecule has 3 heterocycles. The molecule has 0 radical (unpaired) electrons. The molecule has 0 spiro atoms. The number of hydrogen-bond acceptors (Lipinski definition) is 5. The maximum atomic E-state index is 12.9. The van der Waals surface area contributed by atoms with Gasteiger partial charge in [-0.3, -0.25) is 9.78 Å². The Bertz CT molecular complexity index is 1190. The third-order valence-corrected chi connectivity index (χ3v) is 6.31. The summed E-state index contributed by atoms with van der Waals surface area (Å²) in [5.41, 5.74) is 4.74. The molecule has 1 aromatic carbocycles. The van der Waals surface area contributed by atoms with Gasteiger partial charge in [-0.2, -0.15) is 0 Å². The maximum Gasteiger partial charge on any atom is 0.256 e. The highest BCUT2D eigenvalue weighted by Gasteiger charge is 2.26. The second-order valence-electron chi connectivity index (χ2n) is 7.40. The summed E-state index contributed by atoms with van der Waals surface area (Å²) in [6.45, 7) is 6.19. The Morgan fingerprint density at radius 2 is 1.71 bits per heavy atom. The maximum absolute atomic E-state index is 12.9. The summed E-state index contributed by atoms with van der Waals surface area (Å²) < 4.78 is 0. The Balaban J connectivity index is 1.76. The standard InChI is InChI=1S/C25H24N4OS/c1-16-12-14-27-21(15-16)28-23(20-11-7-8-13-26-20)22-17(2)18(3)31-25(22)29-24(30)19-9-5-4-6-10-19/h4-15,23H,1-3H3,(H,27,28)(H,29,30)/t23-/m0/s1. The van der Waals surface area contributed by atoms with Crippen LogP contribution in [-0.4, -0.2) is 15.9 Å². The van der Waals surface area contributed by atoms with Gasteiger partial charge in [-0.25, -0.2) is 4.98 Å². The fourth-order valence-electron chi connectivity index (χ4n) is 3.45. The normalized spacial score (nSPS) is 11.7. The first kappa shape index (κ1) is 20.8. The summed E-state index contributed by atoms with van der Waals surface area (Å²) >= 11 is 1.58. The summed E-state index contributed by atoms with van der Waals surface area (Å²) in [7, 11) is 0. The molecule has 2 N–H and O–H groups in total. The van der Waals surface area contributed by atoms with Crippen LogP contribution in [0.3, 0.4) is 0 Å². The number of nitrogens with zero attached hydrogens (tertiary/aromatic N) is 2. The van der Waals surface area contributed by atoms with Crippen LogP contribution in [0.4, 0.5) is 10.8 Å². The molecule has 0 bridgehead atoms. The van der Waals surface area contributed by atoms with E-state index in [1.807, 2.05) is 67.6 Å². The van der Waals surface area contributed by atoms with Gasteiger partial charge in [0.25, 0.3) is 5.91 Å². The fourth-order valence-corrected chi connectivity index (χ4v) is 4.55. The average Bonchev–Trinajstić information content (AvgIpc) is 3.06. The molecule has 0 saturated carbocycles. The van der Waals surface area contributed by atoms with Gasteiger partial charge in [0.05, 0.1) is 11.7 Å². The van der Waals surface area contributed by atoms with Crippen LogP contribution >= 0.6 is 11.3 Å². The van der Waals surface area contributed by atoms with Crippen molar-refractivity contribution >= 4 is 28.1 Å². The zero-order valence-corrected chi connectivity index (χ0v) is 18.5. The minimum absolute atomic E-state index is 0.128. The van der Waals surface area contributed by atoms with Crippen LogP contribution in [0.2, 0.25) is 0 Å². The number of aromatic nitrogens is 2. The summed E-state index contributed by atoms with van der Waals surface area (Å²) in [5.74, 6) is 0.635. The van der Waals surface area contributed by atoms with Gasteiger partial charge < -0.3 is 10.6 Å². The predicted octanol–water partition coefficient (Wildman–Crippen LogP) is 5.92. The van der Waals surface area contributed by atoms with Gasteiger partial charge in [-0.15, -0.1) is 11.3 Å². The molecule has 6 heteroatoms. The van der Waals surface area contributed by atoms with E-state index in [1.54, 1.807) is 23.7 Å². The molecule has 0 saturated heterocycles. The molecular formula is C25H24N4OS. The number of nitrogens with one attached hydrogen (secondary N) is 2. The number of pyridine rings is 2. The van der Waals surface area contributed by atoms with Crippen LogP contribution in [0, 0.1) is 20.8 Å². The average molecular weight is 429 g/mol. The highest BCUT2D eigenvalue weighted by Crippen LogP contribution is 2.40. The lowest BCUT2D eigenvalue weighted by Gasteiger charge is -2.21. The molecule has 0 unspecified atom stereocenters. The number of anilines is 2. The Hall–Kier alpha value is -3.51. The summed E-state index contributed by atoms with van der Waals surface area (Å²) in [4.78, 5) is 23.1. The molecule has 5 nitrogen and oxygen atoms in total. The van der Waals surface area contributed by atoms with Crippen LogP contribution in [0.15, 0.2) is 73.1 Å². The lowest BCUT2D eigenvalue weighted by molar-refractivity contribution is 0.102. The van der Waals surface area contributed by atoms with E-state index in [0.29, 0.717) is 5.56 Å². The highest BCUT2D eigenvalue weighted by molar-refractivity contribution is 7.16. The molecule has 4 aromatic rings. The fraction of sp³-hybridized carbons (Fsp3) is 0.160. The summed E-state index contributed by atoms with van der Waals surface area (Å²) in [6.07, 6.45) is 3.57. The number of thiophene rings is 1. The quantitative estimate of drug-likeness (QED) is 0.400. The molecule has 4 rings (SSSR count). The number of carbonyl (C=O) groups excluding carboxylic acids is 1. The third-order valence-electron chi connectivity index (χ3n) is 5.17. The van der Waals surface area contributed by atoms with Crippen molar-refractivity contribution in [2.24, 2.45) is 0 Å². The molecule has 31 heavy (non-hydrogen) atoms. The lowest BCUT2D eigenvalue weighted by atomic mass is 10.00. The van der Waals surface area contributed by atoms with Gasteiger partial charge in [-0.1, -0.05) is 24.3 Å². The molecule has 156 valence electrons. The molecule has 0 aliphatic rings. The van der Waals surface area contributed by atoms with Gasteiger partial charge in [0, 0.05) is 28.4 Å². The van der Waals surface area contributed by atoms with Crippen LogP contribution in [0.25, 0.3) is 0 Å². The van der Waals surface area contributed by atoms with E-state index >= 15 is 0 Å². The first-order chi connectivity index (χ1) is 15.0. The summed E-state index contributed by atoms with van der Waals surface area (Å²) in [6, 6.07) is 18.8. The number of carbonyl (C=O) groups is 1. The SMILES string of the molecule is Cc1ccnc(N[C@@H](c2ccccn2)c2c(NC(=O)c3ccccc3)sc(C)c2C)c1. The topological polar surface area (TPSA) is 66.9 Å². The van der Waals surface area contributed by atoms with E-state index in [9.17, 15) is 4.79 Å².